The zero-order valence-corrected chi connectivity index (χ0v) is 15.3. The number of nitrogens with zero attached hydrogens (tertiary/aromatic N) is 3. The fourth-order valence-electron chi connectivity index (χ4n) is 2.73. The first-order valence-corrected chi connectivity index (χ1v) is 9.64. The second kappa shape index (κ2) is 6.79. The van der Waals surface area contributed by atoms with Crippen LogP contribution in [0.25, 0.3) is 0 Å². The summed E-state index contributed by atoms with van der Waals surface area (Å²) in [5, 5.41) is 0. The largest absolute Gasteiger partial charge is 0.332 e. The standard InChI is InChI=1S/C19H16BrN3S/c20-19-13-17(14-22-12-11-21-15-22)23(16-7-3-1-4-8-16)24(19)18-9-5-2-6-10-18/h1-13,15H,14H2. The quantitative estimate of drug-likeness (QED) is 0.453. The highest BCUT2D eigenvalue weighted by atomic mass is 79.9. The molecule has 2 aromatic carbocycles. The van der Waals surface area contributed by atoms with Crippen LogP contribution in [0.1, 0.15) is 0 Å². The first-order chi connectivity index (χ1) is 11.8. The number of allylic oxidation sites excluding steroid dienone is 2. The monoisotopic (exact) mass is 397 g/mol. The minimum absolute atomic E-state index is 0.175. The fraction of sp³-hybridized carbons (Fsp3) is 0.0526. The van der Waals surface area contributed by atoms with Crippen molar-refractivity contribution in [1.29, 1.82) is 0 Å². The molecular formula is C19H16BrN3S. The first kappa shape index (κ1) is 15.4. The molecule has 0 amide bonds. The minimum Gasteiger partial charge on any atom is -0.332 e. The van der Waals surface area contributed by atoms with Gasteiger partial charge < -0.3 is 4.57 Å². The number of imidazole rings is 1. The summed E-state index contributed by atoms with van der Waals surface area (Å²) in [5.74, 6) is 0. The Morgan fingerprint density at radius 1 is 0.958 bits per heavy atom. The third-order valence-electron chi connectivity index (χ3n) is 3.77. The van der Waals surface area contributed by atoms with E-state index in [1.165, 1.54) is 20.1 Å². The maximum atomic E-state index is 4.16. The molecule has 0 bridgehead atoms. The van der Waals surface area contributed by atoms with Crippen molar-refractivity contribution in [3.05, 3.63) is 91.2 Å². The Bertz CT molecular complexity index is 887. The average molecular weight is 398 g/mol. The van der Waals surface area contributed by atoms with Crippen LogP contribution in [0.15, 0.2) is 96.1 Å². The minimum atomic E-state index is -0.175. The highest BCUT2D eigenvalue weighted by molar-refractivity contribution is 9.20. The maximum Gasteiger partial charge on any atom is 0.0949 e. The normalized spacial score (nSPS) is 17.2. The molecule has 24 heavy (non-hydrogen) atoms. The van der Waals surface area contributed by atoms with E-state index in [4.69, 9.17) is 0 Å². The molecule has 3 nitrogen and oxygen atoms in total. The molecule has 0 spiro atoms. The van der Waals surface area contributed by atoms with Crippen LogP contribution in [0.4, 0.5) is 5.69 Å². The van der Waals surface area contributed by atoms with Crippen molar-refractivity contribution >= 4 is 36.1 Å². The number of halogens is 1. The molecule has 0 fully saturated rings. The van der Waals surface area contributed by atoms with Gasteiger partial charge in [-0.05, 0) is 56.9 Å². The molecular weight excluding hydrogens is 382 g/mol. The second-order valence-electron chi connectivity index (χ2n) is 5.40. The molecule has 120 valence electrons. The van der Waals surface area contributed by atoms with E-state index in [1.807, 2.05) is 18.7 Å². The lowest BCUT2D eigenvalue weighted by atomic mass is 10.3. The maximum absolute atomic E-state index is 4.16. The molecule has 1 atom stereocenters. The Morgan fingerprint density at radius 2 is 1.67 bits per heavy atom. The van der Waals surface area contributed by atoms with E-state index >= 15 is 0 Å². The van der Waals surface area contributed by atoms with Crippen LogP contribution in [-0.4, -0.2) is 13.3 Å². The molecule has 3 aromatic rings. The molecule has 4 rings (SSSR count). The molecule has 0 aliphatic carbocycles. The molecule has 2 heterocycles. The van der Waals surface area contributed by atoms with E-state index < -0.39 is 0 Å². The third-order valence-corrected chi connectivity index (χ3v) is 6.93. The summed E-state index contributed by atoms with van der Waals surface area (Å²) in [7, 11) is -0.175. The van der Waals surface area contributed by atoms with Crippen molar-refractivity contribution in [3.63, 3.8) is 0 Å². The predicted octanol–water partition coefficient (Wildman–Crippen LogP) is 5.06. The van der Waals surface area contributed by atoms with E-state index in [9.17, 15) is 0 Å². The lowest BCUT2D eigenvalue weighted by Crippen LogP contribution is -2.17. The van der Waals surface area contributed by atoms with Crippen LogP contribution in [0.5, 0.6) is 0 Å². The molecule has 1 unspecified atom stereocenters. The third kappa shape index (κ3) is 2.97. The smallest absolute Gasteiger partial charge is 0.0949 e. The molecule has 0 saturated carbocycles. The van der Waals surface area contributed by atoms with Crippen molar-refractivity contribution in [2.24, 2.45) is 0 Å². The van der Waals surface area contributed by atoms with E-state index in [2.05, 4.69) is 96.5 Å². The number of hydrogen-bond acceptors (Lipinski definition) is 2. The zero-order chi connectivity index (χ0) is 16.4. The lowest BCUT2D eigenvalue weighted by Gasteiger charge is -2.27. The van der Waals surface area contributed by atoms with Crippen LogP contribution in [0, 0.1) is 0 Å². The van der Waals surface area contributed by atoms with Gasteiger partial charge in [-0.15, -0.1) is 0 Å². The van der Waals surface area contributed by atoms with Gasteiger partial charge in [-0.1, -0.05) is 36.4 Å². The molecule has 0 radical (unpaired) electrons. The number of rotatable bonds is 4. The van der Waals surface area contributed by atoms with Gasteiger partial charge in [0.15, 0.2) is 0 Å². The Morgan fingerprint density at radius 3 is 2.33 bits per heavy atom. The van der Waals surface area contributed by atoms with Gasteiger partial charge in [-0.2, -0.15) is 0 Å². The Labute approximate surface area is 152 Å². The van der Waals surface area contributed by atoms with Crippen LogP contribution in [-0.2, 0) is 6.54 Å². The lowest BCUT2D eigenvalue weighted by molar-refractivity contribution is 0.777. The highest BCUT2D eigenvalue weighted by Gasteiger charge is 2.25. The van der Waals surface area contributed by atoms with Crippen LogP contribution < -0.4 is 4.31 Å². The predicted molar refractivity (Wildman–Crippen MR) is 105 cm³/mol. The summed E-state index contributed by atoms with van der Waals surface area (Å²) < 4.78 is 5.71. The Kier molecular flexibility index (Phi) is 4.36. The van der Waals surface area contributed by atoms with Crippen molar-refractivity contribution in [2.45, 2.75) is 11.4 Å². The Hall–Kier alpha value is -2.11. The van der Waals surface area contributed by atoms with Gasteiger partial charge in [0.2, 0.25) is 0 Å². The highest BCUT2D eigenvalue weighted by Crippen LogP contribution is 2.45. The number of hydrogen-bond donors (Lipinski definition) is 0. The van der Waals surface area contributed by atoms with Gasteiger partial charge in [0.25, 0.3) is 0 Å². The summed E-state index contributed by atoms with van der Waals surface area (Å²) >= 11 is 3.81. The summed E-state index contributed by atoms with van der Waals surface area (Å²) in [4.78, 5) is 5.46. The van der Waals surface area contributed by atoms with Gasteiger partial charge in [0.05, 0.1) is 28.0 Å². The SMILES string of the molecule is BrC1=S(c2ccccc2)N(c2ccccc2)C(Cn2ccnc2)=C1. The molecule has 1 aliphatic heterocycles. The van der Waals surface area contributed by atoms with E-state index in [0.717, 1.165) is 6.54 Å². The second-order valence-corrected chi connectivity index (χ2v) is 8.63. The first-order valence-electron chi connectivity index (χ1n) is 7.66. The van der Waals surface area contributed by atoms with Gasteiger partial charge in [-0.3, -0.25) is 4.31 Å². The topological polar surface area (TPSA) is 21.1 Å². The number of para-hydroxylation sites is 1. The molecule has 1 aromatic heterocycles. The molecule has 1 aliphatic rings. The van der Waals surface area contributed by atoms with Gasteiger partial charge >= 0.3 is 0 Å². The molecule has 0 N–H and O–H groups in total. The molecule has 5 heteroatoms. The van der Waals surface area contributed by atoms with Crippen LogP contribution in [0.3, 0.4) is 0 Å². The zero-order valence-electron chi connectivity index (χ0n) is 12.9. The van der Waals surface area contributed by atoms with E-state index in [0.29, 0.717) is 0 Å². The summed E-state index contributed by atoms with van der Waals surface area (Å²) in [5.41, 5.74) is 2.45. The van der Waals surface area contributed by atoms with Gasteiger partial charge in [-0.25, -0.2) is 4.98 Å². The van der Waals surface area contributed by atoms with Crippen molar-refractivity contribution in [2.75, 3.05) is 4.31 Å². The van der Waals surface area contributed by atoms with Gasteiger partial charge in [0, 0.05) is 17.3 Å². The Balaban J connectivity index is 1.78. The summed E-state index contributed by atoms with van der Waals surface area (Å²) in [6.07, 6.45) is 7.91. The van der Waals surface area contributed by atoms with E-state index in [-0.39, 0.29) is 10.7 Å². The fourth-order valence-corrected chi connectivity index (χ4v) is 5.94. The van der Waals surface area contributed by atoms with Crippen molar-refractivity contribution in [1.82, 2.24) is 9.55 Å². The van der Waals surface area contributed by atoms with E-state index in [1.54, 1.807) is 0 Å². The molecule has 0 saturated heterocycles. The summed E-state index contributed by atoms with van der Waals surface area (Å²) in [6.45, 7) is 0.792. The van der Waals surface area contributed by atoms with Gasteiger partial charge in [0.1, 0.15) is 0 Å². The average Bonchev–Trinajstić information content (AvgIpc) is 3.24. The van der Waals surface area contributed by atoms with Crippen LogP contribution in [0.2, 0.25) is 0 Å². The number of benzene rings is 2. The van der Waals surface area contributed by atoms with Crippen LogP contribution >= 0.6 is 26.6 Å². The number of anilines is 1. The number of aromatic nitrogens is 2. The van der Waals surface area contributed by atoms with Crippen molar-refractivity contribution < 1.29 is 0 Å². The van der Waals surface area contributed by atoms with Crippen molar-refractivity contribution in [3.8, 4) is 0 Å². The summed E-state index contributed by atoms with van der Waals surface area (Å²) in [6, 6.07) is 21.2.